The van der Waals surface area contributed by atoms with E-state index in [4.69, 9.17) is 69.0 Å². The number of rotatable bonds is 28. The van der Waals surface area contributed by atoms with Gasteiger partial charge in [0.2, 0.25) is 0 Å². The number of carboxylic acids is 1. The predicted molar refractivity (Wildman–Crippen MR) is 398 cm³/mol. The van der Waals surface area contributed by atoms with E-state index in [2.05, 4.69) is 30.9 Å². The van der Waals surface area contributed by atoms with Gasteiger partial charge in [-0.2, -0.15) is 0 Å². The second kappa shape index (κ2) is 39.9. The zero-order valence-electron chi connectivity index (χ0n) is 60.7. The monoisotopic (exact) mass is 1600 g/mol. The van der Waals surface area contributed by atoms with Crippen LogP contribution < -0.4 is 35.9 Å². The quantitative estimate of drug-likeness (QED) is 0.0173. The molecule has 11 rings (SSSR count). The first kappa shape index (κ1) is 85.4. The minimum atomic E-state index is -1.17. The zero-order valence-corrected chi connectivity index (χ0v) is 63.0. The summed E-state index contributed by atoms with van der Waals surface area (Å²) < 4.78 is 145. The number of esters is 1. The molecule has 6 aromatic heterocycles. The van der Waals surface area contributed by atoms with Crippen molar-refractivity contribution in [1.82, 2.24) is 44.1 Å². The first-order valence-corrected chi connectivity index (χ1v) is 35.3. The molecule has 6 N–H and O–H groups in total. The number of aryl methyl sites for hydroxylation is 3. The lowest BCUT2D eigenvalue weighted by Crippen LogP contribution is -2.53. The van der Waals surface area contributed by atoms with Crippen molar-refractivity contribution >= 4 is 81.8 Å². The molecule has 11 aromatic rings. The van der Waals surface area contributed by atoms with Gasteiger partial charge < -0.3 is 55.2 Å². The molecule has 2 unspecified atom stereocenters. The smallest absolute Gasteiger partial charge is 0.407 e. The van der Waals surface area contributed by atoms with Crippen molar-refractivity contribution in [3.63, 3.8) is 0 Å². The molecule has 5 aromatic carbocycles. The Kier molecular flexibility index (Phi) is 30.7. The summed E-state index contributed by atoms with van der Waals surface area (Å²) in [4.78, 5) is 74.0. The second-order valence-corrected chi connectivity index (χ2v) is 26.6. The van der Waals surface area contributed by atoms with Crippen LogP contribution in [-0.2, 0) is 47.2 Å². The van der Waals surface area contributed by atoms with E-state index in [1.54, 1.807) is 34.6 Å². The Hall–Kier alpha value is -11.2. The molecule has 0 bridgehead atoms. The Balaban J connectivity index is 0.000000195. The van der Waals surface area contributed by atoms with Gasteiger partial charge in [0.1, 0.15) is 73.6 Å². The van der Waals surface area contributed by atoms with Crippen LogP contribution in [0, 0.1) is 55.7 Å². The third-order valence-corrected chi connectivity index (χ3v) is 17.3. The van der Waals surface area contributed by atoms with E-state index < -0.39 is 96.0 Å². The number of fused-ring (bicyclic) bond motifs is 3. The van der Waals surface area contributed by atoms with Crippen molar-refractivity contribution in [3.05, 3.63) is 264 Å². The van der Waals surface area contributed by atoms with Crippen LogP contribution in [0.25, 0.3) is 16.9 Å². The number of alkyl carbamates (subject to hydrolysis) is 2. The number of nitrogens with two attached hydrogens (primary N) is 1. The molecule has 0 spiro atoms. The van der Waals surface area contributed by atoms with E-state index in [9.17, 15) is 64.2 Å². The lowest BCUT2D eigenvalue weighted by atomic mass is 9.96. The fraction of sp³-hybridized carbons (Fsp3) is 0.282. The Morgan fingerprint density at radius 1 is 0.486 bits per heavy atom. The van der Waals surface area contributed by atoms with Crippen LogP contribution in [-0.4, -0.2) is 107 Å². The normalized spacial score (nSPS) is 12.0. The number of nitrogens with zero attached hydrogens (tertiary/aromatic N) is 6. The number of aromatic carboxylic acids is 1. The van der Waals surface area contributed by atoms with E-state index in [0.29, 0.717) is 29.9 Å². The van der Waals surface area contributed by atoms with Gasteiger partial charge in [0.25, 0.3) is 5.91 Å². The number of carbonyl (C=O) groups excluding carboxylic acids is 4. The molecule has 3 amide bonds. The number of benzene rings is 5. The van der Waals surface area contributed by atoms with Crippen LogP contribution in [0.15, 0.2) is 152 Å². The first-order valence-electron chi connectivity index (χ1n) is 34.2. The van der Waals surface area contributed by atoms with Crippen molar-refractivity contribution in [1.29, 1.82) is 0 Å². The number of aromatic nitrogens is 6. The van der Waals surface area contributed by atoms with E-state index in [0.717, 1.165) is 47.5 Å². The van der Waals surface area contributed by atoms with Gasteiger partial charge in [-0.05, 0) is 115 Å². The van der Waals surface area contributed by atoms with Gasteiger partial charge in [-0.3, -0.25) is 26.8 Å². The topological polar surface area (TPSA) is 275 Å². The molecule has 2 atom stereocenters. The molecule has 22 nitrogen and oxygen atoms in total. The Bertz CT molecular complexity index is 5020. The molecule has 0 aliphatic rings. The van der Waals surface area contributed by atoms with Gasteiger partial charge in [-0.15, -0.1) is 0 Å². The van der Waals surface area contributed by atoms with Gasteiger partial charge in [-0.1, -0.05) is 114 Å². The summed E-state index contributed by atoms with van der Waals surface area (Å²) in [6, 6.07) is 33.4. The summed E-state index contributed by atoms with van der Waals surface area (Å²) >= 11 is 18.4. The molecular formula is C78H77Cl3F8N10O12. The number of hydrogen-bond acceptors (Lipinski definition) is 15. The highest BCUT2D eigenvalue weighted by Crippen LogP contribution is 2.32. The number of imidazole rings is 3. The Morgan fingerprint density at radius 3 is 1.19 bits per heavy atom. The number of halogens is 11. The van der Waals surface area contributed by atoms with Crippen molar-refractivity contribution in [2.75, 3.05) is 33.0 Å². The fourth-order valence-electron chi connectivity index (χ4n) is 11.0. The summed E-state index contributed by atoms with van der Waals surface area (Å²) in [6.07, 6.45) is 4.34. The van der Waals surface area contributed by atoms with Gasteiger partial charge in [-0.25, -0.2) is 60.5 Å². The highest BCUT2D eigenvalue weighted by Gasteiger charge is 2.31. The van der Waals surface area contributed by atoms with Crippen molar-refractivity contribution in [2.45, 2.75) is 111 Å². The van der Waals surface area contributed by atoms with E-state index in [1.807, 2.05) is 60.7 Å². The van der Waals surface area contributed by atoms with Crippen LogP contribution in [0.4, 0.5) is 44.7 Å². The minimum Gasteiger partial charge on any atom is -0.485 e. The number of nitrogens with one attached hydrogen (secondary N) is 3. The van der Waals surface area contributed by atoms with Gasteiger partial charge in [0, 0.05) is 49.9 Å². The van der Waals surface area contributed by atoms with E-state index in [-0.39, 0.29) is 142 Å². The third kappa shape index (κ3) is 23.2. The molecular weight excluding hydrogens is 1530 g/mol. The predicted octanol–water partition coefficient (Wildman–Crippen LogP) is 16.9. The molecule has 0 saturated heterocycles. The summed E-state index contributed by atoms with van der Waals surface area (Å²) in [5.74, 6) is -6.26. The molecule has 0 saturated carbocycles. The van der Waals surface area contributed by atoms with E-state index in [1.165, 1.54) is 75.1 Å². The molecule has 111 heavy (non-hydrogen) atoms. The molecule has 0 fully saturated rings. The van der Waals surface area contributed by atoms with Crippen molar-refractivity contribution in [2.24, 2.45) is 5.73 Å². The Morgan fingerprint density at radius 2 is 0.829 bits per heavy atom. The fourth-order valence-corrected chi connectivity index (χ4v) is 11.6. The maximum atomic E-state index is 14.1. The standard InChI is InChI=1S/C30H30ClF3N4O4.C18H15ClF2N2O3.C16H11ClF2N2O3.C14H21FN2O2/c1-19-26(38-15-21(31)14-25(27(38)36-19)41-17-22-23(33)10-6-11-24(22)34)28(39)35-18-30(2,12-7-13-32)37-29(40)42-16-20-8-4-3-5-9-20;1-3-25-18(24)16-10(2)22-17-15(7-11(19)8-23(16)17)26-9-12-13(20)5-4-6-14(12)21;1-8-14(16(22)23)21-6-9(17)5-13(15(21)20-8)24-7-10-11(18)3-2-4-12(10)19;1-14(11-16,8-5-9-15)17-13(18)19-10-12-6-3-2-4-7-12/h3-6,8-11,14-15H,7,12-13,16-18H2,1-2H3,(H,35,39)(H,37,40);4-8H,3,9H2,1-2H3;2-6H,7H2,1H3,(H,22,23);2-4,6-7H,5,8-11,16H2,1H3,(H,17,18). The van der Waals surface area contributed by atoms with Crippen molar-refractivity contribution in [3.8, 4) is 17.2 Å². The average Bonchev–Trinajstić information content (AvgIpc) is 1.64. The van der Waals surface area contributed by atoms with Crippen molar-refractivity contribution < 1.29 is 92.6 Å². The van der Waals surface area contributed by atoms with Gasteiger partial charge >= 0.3 is 24.1 Å². The highest BCUT2D eigenvalue weighted by atomic mass is 35.5. The third-order valence-electron chi connectivity index (χ3n) is 16.7. The first-order chi connectivity index (χ1) is 53.0. The maximum Gasteiger partial charge on any atom is 0.407 e. The maximum absolute atomic E-state index is 14.1. The van der Waals surface area contributed by atoms with Crippen LogP contribution >= 0.6 is 34.8 Å². The molecule has 588 valence electrons. The second-order valence-electron chi connectivity index (χ2n) is 25.2. The summed E-state index contributed by atoms with van der Waals surface area (Å²) in [7, 11) is 0. The summed E-state index contributed by atoms with van der Waals surface area (Å²) in [5.41, 5.74) is 6.98. The molecule has 33 heteroatoms. The molecule has 6 heterocycles. The average molecular weight is 1600 g/mol. The Labute approximate surface area is 646 Å². The number of carboxylic acid groups (broad SMARTS) is 1. The lowest BCUT2D eigenvalue weighted by Gasteiger charge is -2.30. The number of pyridine rings is 3. The minimum absolute atomic E-state index is 0.0462. The summed E-state index contributed by atoms with van der Waals surface area (Å²) in [6.45, 7) is 8.42. The number of hydrogen-bond donors (Lipinski definition) is 5. The lowest BCUT2D eigenvalue weighted by molar-refractivity contribution is 0.0516. The zero-order chi connectivity index (χ0) is 80.7. The van der Waals surface area contributed by atoms with Crippen LogP contribution in [0.2, 0.25) is 15.1 Å². The number of amides is 3. The SMILES string of the molecule is CC(CN)(CCCF)NC(=O)OCc1ccccc1.CCOC(=O)c1c(C)nc2c(OCc3c(F)cccc3F)cc(Cl)cn12.Cc1nc2c(OCc3c(F)cccc3F)cc(Cl)cn2c1C(=O)NCC(C)(CCCF)NC(=O)OCc1ccccc1.Cc1nc2c(OCc3c(F)cccc3F)cc(Cl)cn2c1C(=O)O. The summed E-state index contributed by atoms with van der Waals surface area (Å²) in [5, 5.41) is 18.1. The van der Waals surface area contributed by atoms with Crippen LogP contribution in [0.5, 0.6) is 17.2 Å². The highest BCUT2D eigenvalue weighted by molar-refractivity contribution is 6.31. The molecule has 0 radical (unpaired) electrons. The van der Waals surface area contributed by atoms with E-state index >= 15 is 0 Å². The largest absolute Gasteiger partial charge is 0.485 e. The molecule has 0 aliphatic carbocycles. The number of ether oxygens (including phenoxy) is 6. The van der Waals surface area contributed by atoms with Gasteiger partial charge in [0.15, 0.2) is 45.6 Å². The number of carbonyl (C=O) groups is 5. The van der Waals surface area contributed by atoms with Crippen LogP contribution in [0.3, 0.4) is 0 Å². The van der Waals surface area contributed by atoms with Crippen LogP contribution in [0.1, 0.15) is 123 Å². The number of alkyl halides is 2. The molecule has 0 aliphatic heterocycles. The van der Waals surface area contributed by atoms with Gasteiger partial charge in [0.05, 0.1) is 79.9 Å².